The van der Waals surface area contributed by atoms with Crippen LogP contribution >= 0.6 is 11.3 Å². The number of hydrogen-bond donors (Lipinski definition) is 1. The minimum Gasteiger partial charge on any atom is -0.378 e. The molecule has 4 rings (SSSR count). The summed E-state index contributed by atoms with van der Waals surface area (Å²) in [5.41, 5.74) is 0.415. The lowest BCUT2D eigenvalue weighted by molar-refractivity contribution is 0.0893. The molecule has 1 N–H and O–H groups in total. The van der Waals surface area contributed by atoms with Crippen LogP contribution < -0.4 is 4.90 Å². The maximum atomic E-state index is 9.80. The summed E-state index contributed by atoms with van der Waals surface area (Å²) in [7, 11) is 0. The van der Waals surface area contributed by atoms with Crippen molar-refractivity contribution < 1.29 is 5.11 Å². The highest BCUT2D eigenvalue weighted by Crippen LogP contribution is 2.24. The van der Waals surface area contributed by atoms with Crippen LogP contribution in [0.25, 0.3) is 0 Å². The molecule has 2 aliphatic heterocycles. The van der Waals surface area contributed by atoms with Gasteiger partial charge in [0.05, 0.1) is 4.88 Å². The van der Waals surface area contributed by atoms with Gasteiger partial charge in [0, 0.05) is 55.9 Å². The van der Waals surface area contributed by atoms with E-state index in [1.807, 2.05) is 0 Å². The van der Waals surface area contributed by atoms with Gasteiger partial charge < -0.3 is 10.0 Å². The Balaban J connectivity index is 1.29. The molecule has 160 valence electrons. The second kappa shape index (κ2) is 9.53. The molecule has 0 amide bonds. The average Bonchev–Trinajstić information content (AvgIpc) is 3.20. The number of hydrogen-bond acceptors (Lipinski definition) is 5. The number of aliphatic hydroxyl groups is 1. The van der Waals surface area contributed by atoms with Gasteiger partial charge in [-0.25, -0.2) is 0 Å². The normalized spacial score (nSPS) is 21.3. The number of benzene rings is 1. The summed E-state index contributed by atoms with van der Waals surface area (Å²) in [6, 6.07) is 15.8. The van der Waals surface area contributed by atoms with Gasteiger partial charge in [-0.3, -0.25) is 9.80 Å². The fraction of sp³-hybridized carbons (Fsp3) is 0.520. The number of anilines is 1. The van der Waals surface area contributed by atoms with Gasteiger partial charge in [0.25, 0.3) is 0 Å². The number of para-hydroxylation sites is 1. The van der Waals surface area contributed by atoms with E-state index in [1.165, 1.54) is 30.0 Å². The fourth-order valence-electron chi connectivity index (χ4n) is 4.42. The Bertz CT molecular complexity index is 869. The zero-order valence-corrected chi connectivity index (χ0v) is 19.0. The van der Waals surface area contributed by atoms with Gasteiger partial charge in [0.2, 0.25) is 0 Å². The van der Waals surface area contributed by atoms with Gasteiger partial charge >= 0.3 is 0 Å². The first-order valence-corrected chi connectivity index (χ1v) is 11.9. The van der Waals surface area contributed by atoms with Gasteiger partial charge in [-0.05, 0) is 57.5 Å². The molecular weight excluding hydrogens is 390 g/mol. The first-order chi connectivity index (χ1) is 14.5. The third-order valence-electron chi connectivity index (χ3n) is 5.97. The molecule has 0 saturated carbocycles. The topological polar surface area (TPSA) is 30.0 Å². The van der Waals surface area contributed by atoms with Crippen LogP contribution in [0.15, 0.2) is 42.5 Å². The van der Waals surface area contributed by atoms with Crippen LogP contribution in [0.3, 0.4) is 0 Å². The van der Waals surface area contributed by atoms with Gasteiger partial charge in [-0.2, -0.15) is 0 Å². The van der Waals surface area contributed by atoms with Crippen LogP contribution in [0.1, 0.15) is 36.4 Å². The molecule has 30 heavy (non-hydrogen) atoms. The van der Waals surface area contributed by atoms with Crippen LogP contribution in [-0.4, -0.2) is 65.8 Å². The lowest BCUT2D eigenvalue weighted by Gasteiger charge is -2.44. The van der Waals surface area contributed by atoms with Gasteiger partial charge in [0.15, 0.2) is 0 Å². The van der Waals surface area contributed by atoms with Crippen molar-refractivity contribution in [3.63, 3.8) is 0 Å². The molecule has 2 fully saturated rings. The number of likely N-dealkylation sites (tertiary alicyclic amines) is 1. The second-order valence-electron chi connectivity index (χ2n) is 8.96. The van der Waals surface area contributed by atoms with Crippen LogP contribution in [0.5, 0.6) is 0 Å². The van der Waals surface area contributed by atoms with Crippen molar-refractivity contribution in [1.82, 2.24) is 9.80 Å². The third kappa shape index (κ3) is 5.86. The van der Waals surface area contributed by atoms with Crippen molar-refractivity contribution in [3.05, 3.63) is 52.2 Å². The molecule has 2 saturated heterocycles. The largest absolute Gasteiger partial charge is 0.378 e. The molecule has 0 spiro atoms. The molecule has 0 radical (unpaired) electrons. The van der Waals surface area contributed by atoms with Crippen LogP contribution in [-0.2, 0) is 6.54 Å². The molecule has 1 aromatic carbocycles. The fourth-order valence-corrected chi connectivity index (χ4v) is 5.33. The molecular formula is C25H33N3OS. The number of rotatable bonds is 4. The number of nitrogens with zero attached hydrogens (tertiary/aromatic N) is 3. The molecule has 2 aliphatic rings. The van der Waals surface area contributed by atoms with Crippen molar-refractivity contribution in [2.45, 2.75) is 44.9 Å². The van der Waals surface area contributed by atoms with E-state index in [1.54, 1.807) is 25.2 Å². The Labute approximate surface area is 185 Å². The molecule has 3 heterocycles. The maximum Gasteiger partial charge on any atom is 0.120 e. The summed E-state index contributed by atoms with van der Waals surface area (Å²) < 4.78 is 0. The zero-order chi connectivity index (χ0) is 21.0. The third-order valence-corrected chi connectivity index (χ3v) is 6.95. The van der Waals surface area contributed by atoms with Crippen LogP contribution in [0.4, 0.5) is 5.69 Å². The van der Waals surface area contributed by atoms with E-state index in [2.05, 4.69) is 69.0 Å². The maximum absolute atomic E-state index is 9.80. The summed E-state index contributed by atoms with van der Waals surface area (Å²) in [6.07, 6.45) is 2.59. The molecule has 2 aromatic rings. The lowest BCUT2D eigenvalue weighted by Crippen LogP contribution is -2.55. The standard InChI is InChI=1S/C25H33N3OS/c1-25(2,29)13-12-23-10-11-24(30-23)20-26-14-6-9-22(19-26)28-17-15-27(16-18-28)21-7-4-3-5-8-21/h3-5,7-8,10-11,22,29H,6,9,14-20H2,1-2H3/t22-/m0/s1. The summed E-state index contributed by atoms with van der Waals surface area (Å²) in [6.45, 7) is 11.4. The molecule has 4 nitrogen and oxygen atoms in total. The summed E-state index contributed by atoms with van der Waals surface area (Å²) in [4.78, 5) is 10.2. The second-order valence-corrected chi connectivity index (χ2v) is 10.1. The molecule has 5 heteroatoms. The molecule has 1 aromatic heterocycles. The first-order valence-electron chi connectivity index (χ1n) is 11.1. The zero-order valence-electron chi connectivity index (χ0n) is 18.2. The first kappa shape index (κ1) is 21.4. The highest BCUT2D eigenvalue weighted by molar-refractivity contribution is 7.12. The Morgan fingerprint density at radius 1 is 1.03 bits per heavy atom. The molecule has 1 atom stereocenters. The molecule has 0 aliphatic carbocycles. The Morgan fingerprint density at radius 2 is 1.80 bits per heavy atom. The van der Waals surface area contributed by atoms with E-state index >= 15 is 0 Å². The van der Waals surface area contributed by atoms with Gasteiger partial charge in [-0.1, -0.05) is 30.0 Å². The van der Waals surface area contributed by atoms with E-state index in [4.69, 9.17) is 0 Å². The molecule has 0 bridgehead atoms. The van der Waals surface area contributed by atoms with Crippen molar-refractivity contribution in [2.24, 2.45) is 0 Å². The number of piperazine rings is 1. The Kier molecular flexibility index (Phi) is 6.80. The summed E-state index contributed by atoms with van der Waals surface area (Å²) >= 11 is 1.76. The van der Waals surface area contributed by atoms with Crippen LogP contribution in [0.2, 0.25) is 0 Å². The van der Waals surface area contributed by atoms with E-state index in [-0.39, 0.29) is 0 Å². The minimum atomic E-state index is -0.936. The van der Waals surface area contributed by atoms with E-state index in [0.717, 1.165) is 44.1 Å². The number of thiophene rings is 1. The SMILES string of the molecule is CC(C)(O)C#Cc1ccc(CN2CCC[C@H](N3CCN(c4ccccc4)CC3)C2)s1. The van der Waals surface area contributed by atoms with Crippen molar-refractivity contribution >= 4 is 17.0 Å². The van der Waals surface area contributed by atoms with Gasteiger partial charge in [-0.15, -0.1) is 11.3 Å². The quantitative estimate of drug-likeness (QED) is 0.761. The van der Waals surface area contributed by atoms with Crippen molar-refractivity contribution in [2.75, 3.05) is 44.2 Å². The van der Waals surface area contributed by atoms with E-state index in [9.17, 15) is 5.11 Å². The molecule has 0 unspecified atom stereocenters. The summed E-state index contributed by atoms with van der Waals surface area (Å²) in [5.74, 6) is 6.02. The highest BCUT2D eigenvalue weighted by atomic mass is 32.1. The van der Waals surface area contributed by atoms with E-state index in [0.29, 0.717) is 6.04 Å². The highest BCUT2D eigenvalue weighted by Gasteiger charge is 2.28. The predicted molar refractivity (Wildman–Crippen MR) is 126 cm³/mol. The average molecular weight is 424 g/mol. The predicted octanol–water partition coefficient (Wildman–Crippen LogP) is 3.66. The van der Waals surface area contributed by atoms with Crippen molar-refractivity contribution in [3.8, 4) is 11.8 Å². The summed E-state index contributed by atoms with van der Waals surface area (Å²) in [5, 5.41) is 9.80. The lowest BCUT2D eigenvalue weighted by atomic mass is 10.0. The van der Waals surface area contributed by atoms with E-state index < -0.39 is 5.60 Å². The minimum absolute atomic E-state index is 0.672. The van der Waals surface area contributed by atoms with Gasteiger partial charge in [0.1, 0.15) is 5.60 Å². The smallest absolute Gasteiger partial charge is 0.120 e. The monoisotopic (exact) mass is 423 g/mol. The van der Waals surface area contributed by atoms with Crippen molar-refractivity contribution in [1.29, 1.82) is 0 Å². The van der Waals surface area contributed by atoms with Crippen LogP contribution in [0, 0.1) is 11.8 Å². The Hall–Kier alpha value is -1.84. The number of piperidine rings is 1. The Morgan fingerprint density at radius 3 is 2.53 bits per heavy atom.